The van der Waals surface area contributed by atoms with Gasteiger partial charge in [-0.25, -0.2) is 17.6 Å². The van der Waals surface area contributed by atoms with E-state index in [0.717, 1.165) is 18.4 Å². The van der Waals surface area contributed by atoms with E-state index < -0.39 is 39.3 Å². The Kier molecular flexibility index (Phi) is 5.68. The van der Waals surface area contributed by atoms with Gasteiger partial charge in [-0.1, -0.05) is 11.6 Å². The summed E-state index contributed by atoms with van der Waals surface area (Å²) < 4.78 is 35.6. The molecule has 0 aromatic heterocycles. The van der Waals surface area contributed by atoms with Gasteiger partial charge in [0.25, 0.3) is 5.91 Å². The molecule has 0 aliphatic carbocycles. The maximum Gasteiger partial charge on any atom is 0.326 e. The summed E-state index contributed by atoms with van der Waals surface area (Å²) in [5.41, 5.74) is -0.370. The summed E-state index contributed by atoms with van der Waals surface area (Å²) in [6.07, 6.45) is 0.641. The summed E-state index contributed by atoms with van der Waals surface area (Å²) >= 11 is 5.55. The molecule has 0 bridgehead atoms. The number of nitrogens with one attached hydrogen (secondary N) is 1. The van der Waals surface area contributed by atoms with Crippen molar-refractivity contribution in [2.75, 3.05) is 12.0 Å². The summed E-state index contributed by atoms with van der Waals surface area (Å²) in [4.78, 5) is 22.8. The lowest BCUT2D eigenvalue weighted by Crippen LogP contribution is -2.42. The lowest BCUT2D eigenvalue weighted by Gasteiger charge is -2.14. The second kappa shape index (κ2) is 6.86. The first-order valence-electron chi connectivity index (χ1n) is 5.76. The monoisotopic (exact) mass is 337 g/mol. The first kappa shape index (κ1) is 17.4. The van der Waals surface area contributed by atoms with Crippen molar-refractivity contribution in [3.8, 4) is 0 Å². The van der Waals surface area contributed by atoms with Crippen molar-refractivity contribution in [1.82, 2.24) is 5.32 Å². The Balaban J connectivity index is 2.84. The fraction of sp³-hybridized carbons (Fsp3) is 0.333. The average molecular weight is 338 g/mol. The molecule has 1 atom stereocenters. The van der Waals surface area contributed by atoms with Crippen LogP contribution in [0.4, 0.5) is 4.39 Å². The number of aliphatic carboxylic acids is 1. The molecule has 21 heavy (non-hydrogen) atoms. The van der Waals surface area contributed by atoms with Crippen LogP contribution >= 0.6 is 11.6 Å². The normalized spacial score (nSPS) is 12.7. The molecular weight excluding hydrogens is 325 g/mol. The molecular formula is C12H13ClFNO5S. The highest BCUT2D eigenvalue weighted by atomic mass is 35.5. The summed E-state index contributed by atoms with van der Waals surface area (Å²) in [6, 6.07) is 1.89. The van der Waals surface area contributed by atoms with Crippen LogP contribution in [0.3, 0.4) is 0 Å². The third-order valence-electron chi connectivity index (χ3n) is 2.56. The van der Waals surface area contributed by atoms with Crippen LogP contribution < -0.4 is 5.32 Å². The van der Waals surface area contributed by atoms with E-state index in [9.17, 15) is 22.4 Å². The number of hydrogen-bond donors (Lipinski definition) is 2. The molecule has 1 amide bonds. The van der Waals surface area contributed by atoms with Gasteiger partial charge in [0.2, 0.25) is 0 Å². The molecule has 0 fully saturated rings. The van der Waals surface area contributed by atoms with Gasteiger partial charge >= 0.3 is 5.97 Å². The van der Waals surface area contributed by atoms with Gasteiger partial charge < -0.3 is 10.4 Å². The number of benzene rings is 1. The van der Waals surface area contributed by atoms with E-state index in [1.807, 2.05) is 0 Å². The zero-order valence-corrected chi connectivity index (χ0v) is 12.5. The minimum absolute atomic E-state index is 0.0934. The van der Waals surface area contributed by atoms with E-state index in [4.69, 9.17) is 16.7 Å². The molecule has 0 saturated carbocycles. The number of carboxylic acid groups (broad SMARTS) is 1. The number of halogens is 2. The van der Waals surface area contributed by atoms with Crippen LogP contribution in [0.1, 0.15) is 16.8 Å². The molecule has 116 valence electrons. The van der Waals surface area contributed by atoms with Gasteiger partial charge in [-0.3, -0.25) is 4.79 Å². The van der Waals surface area contributed by atoms with Gasteiger partial charge in [0.05, 0.1) is 11.3 Å². The van der Waals surface area contributed by atoms with Crippen LogP contribution in [-0.2, 0) is 14.6 Å². The predicted molar refractivity (Wildman–Crippen MR) is 74.6 cm³/mol. The second-order valence-electron chi connectivity index (χ2n) is 4.41. The molecule has 0 radical (unpaired) electrons. The third-order valence-corrected chi connectivity index (χ3v) is 3.77. The van der Waals surface area contributed by atoms with Gasteiger partial charge in [-0.2, -0.15) is 0 Å². The zero-order valence-electron chi connectivity index (χ0n) is 11.0. The van der Waals surface area contributed by atoms with E-state index in [0.29, 0.717) is 0 Å². The summed E-state index contributed by atoms with van der Waals surface area (Å²) in [6.45, 7) is 0. The van der Waals surface area contributed by atoms with Crippen LogP contribution in [0, 0.1) is 5.82 Å². The van der Waals surface area contributed by atoms with Crippen molar-refractivity contribution >= 4 is 33.3 Å². The molecule has 1 rings (SSSR count). The average Bonchev–Trinajstić information content (AvgIpc) is 2.32. The Morgan fingerprint density at radius 2 is 2.05 bits per heavy atom. The first-order chi connectivity index (χ1) is 9.60. The Morgan fingerprint density at radius 3 is 2.52 bits per heavy atom. The van der Waals surface area contributed by atoms with E-state index in [-0.39, 0.29) is 17.0 Å². The fourth-order valence-corrected chi connectivity index (χ4v) is 2.32. The highest BCUT2D eigenvalue weighted by molar-refractivity contribution is 7.90. The summed E-state index contributed by atoms with van der Waals surface area (Å²) in [7, 11) is -3.37. The quantitative estimate of drug-likeness (QED) is 0.809. The molecule has 1 aromatic rings. The summed E-state index contributed by atoms with van der Waals surface area (Å²) in [5.74, 6) is -3.66. The van der Waals surface area contributed by atoms with Crippen LogP contribution in [0.25, 0.3) is 0 Å². The van der Waals surface area contributed by atoms with Crippen LogP contribution in [-0.4, -0.2) is 43.5 Å². The SMILES string of the molecule is CS(=O)(=O)CCC(NC(=O)c1ccc(Cl)cc1F)C(=O)O. The standard InChI is InChI=1S/C12H13ClFNO5S/c1-21(19,20)5-4-10(12(17)18)15-11(16)8-3-2-7(13)6-9(8)14/h2-3,6,10H,4-5H2,1H3,(H,15,16)(H,17,18). The van der Waals surface area contributed by atoms with Gasteiger partial charge in [-0.05, 0) is 24.6 Å². The lowest BCUT2D eigenvalue weighted by molar-refractivity contribution is -0.139. The van der Waals surface area contributed by atoms with Gasteiger partial charge in [0.1, 0.15) is 21.7 Å². The third kappa shape index (κ3) is 5.68. The van der Waals surface area contributed by atoms with Crippen LogP contribution in [0.5, 0.6) is 0 Å². The van der Waals surface area contributed by atoms with Crippen molar-refractivity contribution in [3.05, 3.63) is 34.6 Å². The van der Waals surface area contributed by atoms with E-state index >= 15 is 0 Å². The highest BCUT2D eigenvalue weighted by Crippen LogP contribution is 2.14. The van der Waals surface area contributed by atoms with Crippen molar-refractivity contribution in [2.24, 2.45) is 0 Å². The largest absolute Gasteiger partial charge is 0.480 e. The molecule has 0 spiro atoms. The number of hydrogen-bond acceptors (Lipinski definition) is 4. The molecule has 0 aliphatic heterocycles. The summed E-state index contributed by atoms with van der Waals surface area (Å²) in [5, 5.41) is 11.1. The molecule has 2 N–H and O–H groups in total. The van der Waals surface area contributed by atoms with E-state index in [2.05, 4.69) is 5.32 Å². The maximum atomic E-state index is 13.5. The Labute approximate surface area is 125 Å². The molecule has 1 aromatic carbocycles. The topological polar surface area (TPSA) is 101 Å². The molecule has 0 aliphatic rings. The number of amides is 1. The smallest absolute Gasteiger partial charge is 0.326 e. The molecule has 0 saturated heterocycles. The minimum Gasteiger partial charge on any atom is -0.480 e. The molecule has 9 heteroatoms. The van der Waals surface area contributed by atoms with Crippen molar-refractivity contribution in [1.29, 1.82) is 0 Å². The molecule has 1 unspecified atom stereocenters. The molecule has 0 heterocycles. The van der Waals surface area contributed by atoms with Crippen molar-refractivity contribution in [3.63, 3.8) is 0 Å². The second-order valence-corrected chi connectivity index (χ2v) is 7.10. The van der Waals surface area contributed by atoms with E-state index in [1.165, 1.54) is 6.07 Å². The Hall–Kier alpha value is -1.67. The van der Waals surface area contributed by atoms with Gasteiger partial charge in [-0.15, -0.1) is 0 Å². The fourth-order valence-electron chi connectivity index (χ4n) is 1.50. The number of carbonyl (C=O) groups excluding carboxylic acids is 1. The van der Waals surface area contributed by atoms with Gasteiger partial charge in [0.15, 0.2) is 0 Å². The van der Waals surface area contributed by atoms with Crippen molar-refractivity contribution in [2.45, 2.75) is 12.5 Å². The number of carbonyl (C=O) groups is 2. The number of rotatable bonds is 6. The van der Waals surface area contributed by atoms with Gasteiger partial charge in [0, 0.05) is 11.3 Å². The zero-order chi connectivity index (χ0) is 16.2. The molecule has 6 nitrogen and oxygen atoms in total. The van der Waals surface area contributed by atoms with Crippen molar-refractivity contribution < 1.29 is 27.5 Å². The number of sulfone groups is 1. The first-order valence-corrected chi connectivity index (χ1v) is 8.20. The highest BCUT2D eigenvalue weighted by Gasteiger charge is 2.23. The Morgan fingerprint density at radius 1 is 1.43 bits per heavy atom. The lowest BCUT2D eigenvalue weighted by atomic mass is 10.1. The minimum atomic E-state index is -3.37. The Bertz CT molecular complexity index is 662. The number of carboxylic acids is 1. The van der Waals surface area contributed by atoms with Crippen LogP contribution in [0.15, 0.2) is 18.2 Å². The maximum absolute atomic E-state index is 13.5. The predicted octanol–water partition coefficient (Wildman–Crippen LogP) is 1.10. The van der Waals surface area contributed by atoms with Crippen LogP contribution in [0.2, 0.25) is 5.02 Å². The van der Waals surface area contributed by atoms with E-state index in [1.54, 1.807) is 0 Å².